The second-order valence-electron chi connectivity index (χ2n) is 3.21. The molecule has 0 aromatic carbocycles. The molecule has 5 nitrogen and oxygen atoms in total. The van der Waals surface area contributed by atoms with Crippen LogP contribution in [0.25, 0.3) is 0 Å². The van der Waals surface area contributed by atoms with E-state index in [1.165, 1.54) is 12.3 Å². The smallest absolute Gasteiger partial charge is 0.242 e. The second kappa shape index (κ2) is 4.59. The first-order valence-electron chi connectivity index (χ1n) is 4.40. The van der Waals surface area contributed by atoms with Gasteiger partial charge in [-0.15, -0.1) is 0 Å². The molecule has 0 aliphatic heterocycles. The standard InChI is InChI=1S/C8H15N3O2S/c1-7(9)2-5-11-14(12,13)8-3-4-10-6-8/h3-4,6-7,10-11H,2,5,9H2,1H3. The number of rotatable bonds is 5. The average molecular weight is 217 g/mol. The molecule has 1 aromatic heterocycles. The zero-order valence-corrected chi connectivity index (χ0v) is 8.84. The Morgan fingerprint density at radius 1 is 1.64 bits per heavy atom. The van der Waals surface area contributed by atoms with E-state index < -0.39 is 10.0 Å². The van der Waals surface area contributed by atoms with E-state index in [-0.39, 0.29) is 10.9 Å². The Morgan fingerprint density at radius 3 is 2.86 bits per heavy atom. The molecule has 0 saturated carbocycles. The Bertz CT molecular complexity index is 356. The van der Waals surface area contributed by atoms with Crippen LogP contribution in [0.1, 0.15) is 13.3 Å². The van der Waals surface area contributed by atoms with Gasteiger partial charge in [0.05, 0.1) is 4.90 Å². The number of aromatic amines is 1. The van der Waals surface area contributed by atoms with Gasteiger partial charge in [0, 0.05) is 25.0 Å². The van der Waals surface area contributed by atoms with Crippen molar-refractivity contribution >= 4 is 10.0 Å². The SMILES string of the molecule is CC(N)CCNS(=O)(=O)c1cc[nH]c1. The van der Waals surface area contributed by atoms with Gasteiger partial charge in [-0.2, -0.15) is 0 Å². The van der Waals surface area contributed by atoms with Crippen molar-refractivity contribution in [2.75, 3.05) is 6.54 Å². The van der Waals surface area contributed by atoms with Gasteiger partial charge in [0.15, 0.2) is 0 Å². The van der Waals surface area contributed by atoms with Crippen LogP contribution in [0.2, 0.25) is 0 Å². The molecule has 0 bridgehead atoms. The summed E-state index contributed by atoms with van der Waals surface area (Å²) in [6, 6.07) is 1.51. The largest absolute Gasteiger partial charge is 0.366 e. The first kappa shape index (κ1) is 11.2. The van der Waals surface area contributed by atoms with Crippen LogP contribution in [0.4, 0.5) is 0 Å². The molecule has 0 radical (unpaired) electrons. The van der Waals surface area contributed by atoms with Gasteiger partial charge < -0.3 is 10.7 Å². The van der Waals surface area contributed by atoms with Gasteiger partial charge in [0.2, 0.25) is 10.0 Å². The van der Waals surface area contributed by atoms with Gasteiger partial charge >= 0.3 is 0 Å². The van der Waals surface area contributed by atoms with E-state index in [4.69, 9.17) is 5.73 Å². The van der Waals surface area contributed by atoms with Crippen LogP contribution in [-0.2, 0) is 10.0 Å². The highest BCUT2D eigenvalue weighted by molar-refractivity contribution is 7.89. The number of hydrogen-bond acceptors (Lipinski definition) is 3. The normalized spacial score (nSPS) is 14.1. The third kappa shape index (κ3) is 3.13. The van der Waals surface area contributed by atoms with Crippen molar-refractivity contribution in [3.63, 3.8) is 0 Å². The van der Waals surface area contributed by atoms with Gasteiger partial charge in [0.25, 0.3) is 0 Å². The first-order chi connectivity index (χ1) is 6.52. The minimum Gasteiger partial charge on any atom is -0.366 e. The zero-order valence-electron chi connectivity index (χ0n) is 8.03. The predicted octanol–water partition coefficient (Wildman–Crippen LogP) is 0.0303. The van der Waals surface area contributed by atoms with E-state index in [0.29, 0.717) is 13.0 Å². The molecule has 0 amide bonds. The summed E-state index contributed by atoms with van der Waals surface area (Å²) in [6.45, 7) is 2.20. The van der Waals surface area contributed by atoms with Crippen molar-refractivity contribution in [3.8, 4) is 0 Å². The number of H-pyrrole nitrogens is 1. The van der Waals surface area contributed by atoms with E-state index in [2.05, 4.69) is 9.71 Å². The summed E-state index contributed by atoms with van der Waals surface area (Å²) in [6.07, 6.45) is 3.64. The van der Waals surface area contributed by atoms with Crippen LogP contribution in [0.5, 0.6) is 0 Å². The quantitative estimate of drug-likeness (QED) is 0.650. The van der Waals surface area contributed by atoms with Crippen LogP contribution >= 0.6 is 0 Å². The lowest BCUT2D eigenvalue weighted by molar-refractivity contribution is 0.572. The van der Waals surface area contributed by atoms with Crippen LogP contribution < -0.4 is 10.5 Å². The molecular formula is C8H15N3O2S. The summed E-state index contributed by atoms with van der Waals surface area (Å²) in [4.78, 5) is 2.94. The Morgan fingerprint density at radius 2 is 2.36 bits per heavy atom. The van der Waals surface area contributed by atoms with Crippen molar-refractivity contribution in [3.05, 3.63) is 18.5 Å². The van der Waals surface area contributed by atoms with E-state index in [1.807, 2.05) is 6.92 Å². The lowest BCUT2D eigenvalue weighted by Gasteiger charge is -2.06. The van der Waals surface area contributed by atoms with Gasteiger partial charge in [-0.05, 0) is 19.4 Å². The molecule has 0 aliphatic carbocycles. The first-order valence-corrected chi connectivity index (χ1v) is 5.89. The van der Waals surface area contributed by atoms with E-state index in [0.717, 1.165) is 0 Å². The number of aromatic nitrogens is 1. The maximum atomic E-state index is 11.5. The van der Waals surface area contributed by atoms with Crippen molar-refractivity contribution < 1.29 is 8.42 Å². The van der Waals surface area contributed by atoms with Crippen molar-refractivity contribution in [2.45, 2.75) is 24.3 Å². The summed E-state index contributed by atoms with van der Waals surface area (Å²) in [5.74, 6) is 0. The van der Waals surface area contributed by atoms with Gasteiger partial charge in [-0.3, -0.25) is 0 Å². The van der Waals surface area contributed by atoms with Gasteiger partial charge in [0.1, 0.15) is 0 Å². The maximum Gasteiger partial charge on any atom is 0.242 e. The number of hydrogen-bond donors (Lipinski definition) is 3. The monoisotopic (exact) mass is 217 g/mol. The second-order valence-corrected chi connectivity index (χ2v) is 4.98. The average Bonchev–Trinajstić information content (AvgIpc) is 2.54. The summed E-state index contributed by atoms with van der Waals surface area (Å²) < 4.78 is 25.5. The molecule has 14 heavy (non-hydrogen) atoms. The van der Waals surface area contributed by atoms with Crippen molar-refractivity contribution in [1.29, 1.82) is 0 Å². The maximum absolute atomic E-state index is 11.5. The highest BCUT2D eigenvalue weighted by Crippen LogP contribution is 2.05. The number of nitrogens with one attached hydrogen (secondary N) is 2. The molecule has 0 fully saturated rings. The fourth-order valence-electron chi connectivity index (χ4n) is 0.980. The Kier molecular flexibility index (Phi) is 3.68. The Balaban J connectivity index is 2.52. The van der Waals surface area contributed by atoms with Gasteiger partial charge in [-0.1, -0.05) is 0 Å². The Labute approximate surface area is 83.8 Å². The van der Waals surface area contributed by atoms with Gasteiger partial charge in [-0.25, -0.2) is 13.1 Å². The number of sulfonamides is 1. The molecular weight excluding hydrogens is 202 g/mol. The molecule has 80 valence electrons. The minimum absolute atomic E-state index is 0.00363. The fourth-order valence-corrected chi connectivity index (χ4v) is 2.00. The predicted molar refractivity (Wildman–Crippen MR) is 54.2 cm³/mol. The summed E-state index contributed by atoms with van der Waals surface area (Å²) in [7, 11) is -3.35. The van der Waals surface area contributed by atoms with E-state index in [1.54, 1.807) is 6.20 Å². The van der Waals surface area contributed by atoms with E-state index in [9.17, 15) is 8.42 Å². The van der Waals surface area contributed by atoms with Crippen LogP contribution in [0, 0.1) is 0 Å². The molecule has 0 aliphatic rings. The van der Waals surface area contributed by atoms with Crippen molar-refractivity contribution in [2.24, 2.45) is 5.73 Å². The highest BCUT2D eigenvalue weighted by atomic mass is 32.2. The van der Waals surface area contributed by atoms with Crippen LogP contribution in [-0.4, -0.2) is 26.0 Å². The molecule has 1 rings (SSSR count). The number of nitrogens with two attached hydrogens (primary N) is 1. The zero-order chi connectivity index (χ0) is 10.6. The molecule has 6 heteroatoms. The van der Waals surface area contributed by atoms with E-state index >= 15 is 0 Å². The van der Waals surface area contributed by atoms with Crippen LogP contribution in [0.15, 0.2) is 23.4 Å². The van der Waals surface area contributed by atoms with Crippen molar-refractivity contribution in [1.82, 2.24) is 9.71 Å². The fraction of sp³-hybridized carbons (Fsp3) is 0.500. The lowest BCUT2D eigenvalue weighted by Crippen LogP contribution is -2.28. The van der Waals surface area contributed by atoms with Crippen LogP contribution in [0.3, 0.4) is 0 Å². The molecule has 1 heterocycles. The molecule has 1 aromatic rings. The topological polar surface area (TPSA) is 88.0 Å². The minimum atomic E-state index is -3.35. The third-order valence-corrected chi connectivity index (χ3v) is 3.23. The third-order valence-electron chi connectivity index (χ3n) is 1.77. The molecule has 1 unspecified atom stereocenters. The molecule has 4 N–H and O–H groups in total. The summed E-state index contributed by atoms with van der Waals surface area (Å²) in [5.41, 5.74) is 5.50. The molecule has 0 spiro atoms. The summed E-state index contributed by atoms with van der Waals surface area (Å²) >= 11 is 0. The Hall–Kier alpha value is -0.850. The summed E-state index contributed by atoms with van der Waals surface area (Å²) in [5, 5.41) is 0. The lowest BCUT2D eigenvalue weighted by atomic mass is 10.3. The molecule has 0 saturated heterocycles. The highest BCUT2D eigenvalue weighted by Gasteiger charge is 2.13. The molecule has 1 atom stereocenters.